The van der Waals surface area contributed by atoms with Crippen molar-refractivity contribution in [1.82, 2.24) is 0 Å². The van der Waals surface area contributed by atoms with E-state index in [0.717, 1.165) is 21.9 Å². The van der Waals surface area contributed by atoms with Crippen molar-refractivity contribution in [3.63, 3.8) is 0 Å². The quantitative estimate of drug-likeness (QED) is 0.124. The highest BCUT2D eigenvalue weighted by molar-refractivity contribution is 6.26. The van der Waals surface area contributed by atoms with Crippen LogP contribution in [0, 0.1) is 0 Å². The predicted octanol–water partition coefficient (Wildman–Crippen LogP) is 23.5. The van der Waals surface area contributed by atoms with Crippen molar-refractivity contribution in [3.05, 3.63) is 312 Å². The lowest BCUT2D eigenvalue weighted by molar-refractivity contribution is 0.655. The number of hydrogen-bond acceptors (Lipinski definition) is 1. The molecule has 0 saturated heterocycles. The average Bonchev–Trinajstić information content (AvgIpc) is 2.09. The Hall–Kier alpha value is -10.6. The van der Waals surface area contributed by atoms with E-state index in [2.05, 4.69) is 293 Å². The van der Waals surface area contributed by atoms with Crippen LogP contribution < -0.4 is 0 Å². The number of furan rings is 1. The van der Waals surface area contributed by atoms with Gasteiger partial charge >= 0.3 is 0 Å². The Kier molecular flexibility index (Phi) is 10.6. The molecule has 0 spiro atoms. The van der Waals surface area contributed by atoms with Crippen LogP contribution in [0.4, 0.5) is 0 Å². The number of para-hydroxylation sites is 1. The van der Waals surface area contributed by atoms with E-state index in [1.807, 2.05) is 12.1 Å². The van der Waals surface area contributed by atoms with Gasteiger partial charge in [-0.25, -0.2) is 0 Å². The Morgan fingerprint density at radius 3 is 1.59 bits per heavy atom. The molecule has 86 heavy (non-hydrogen) atoms. The first-order valence-corrected chi connectivity index (χ1v) is 30.3. The number of hydrogen-bond donors (Lipinski definition) is 0. The minimum atomic E-state index is -0.100. The third-order valence-corrected chi connectivity index (χ3v) is 19.6. The Labute approximate surface area is 499 Å². The first kappa shape index (κ1) is 48.9. The van der Waals surface area contributed by atoms with E-state index in [1.165, 1.54) is 154 Å². The number of fused-ring (bicyclic) bond motifs is 8. The highest BCUT2D eigenvalue weighted by Gasteiger charge is 2.38. The highest BCUT2D eigenvalue weighted by Crippen LogP contribution is 2.54. The van der Waals surface area contributed by atoms with E-state index >= 15 is 0 Å². The summed E-state index contributed by atoms with van der Waals surface area (Å²) in [7, 11) is 0. The fourth-order valence-corrected chi connectivity index (χ4v) is 15.6. The monoisotopic (exact) mass is 1090 g/mol. The van der Waals surface area contributed by atoms with Crippen molar-refractivity contribution < 1.29 is 4.42 Å². The SMILES string of the molecule is CC1(C)c2cc(-c3ccc(-c4ccc5ccc6cccc7ccc4c5c67)cc3)ccc2-c2ccc(C3C=Cc4ccc5cccc6c5c4C3C=C6)cc21.c1ccc(-c2c3ccccc3c(-c3ccc4oc5ccccc5c4c3)c3ccccc23)cc1. The maximum absolute atomic E-state index is 6.10. The molecule has 0 fully saturated rings. The largest absolute Gasteiger partial charge is 0.456 e. The molecular formula is C85H56O. The average molecular weight is 1090 g/mol. The summed E-state index contributed by atoms with van der Waals surface area (Å²) >= 11 is 0. The van der Waals surface area contributed by atoms with Gasteiger partial charge < -0.3 is 4.42 Å². The molecule has 0 saturated carbocycles. The summed E-state index contributed by atoms with van der Waals surface area (Å²) in [6, 6.07) is 98.4. The van der Waals surface area contributed by atoms with E-state index in [1.54, 1.807) is 0 Å². The highest BCUT2D eigenvalue weighted by atomic mass is 16.3. The molecule has 1 aromatic heterocycles. The molecule has 1 nitrogen and oxygen atoms in total. The van der Waals surface area contributed by atoms with E-state index in [-0.39, 0.29) is 5.41 Å². The summed E-state index contributed by atoms with van der Waals surface area (Å²) in [4.78, 5) is 0. The molecule has 19 rings (SSSR count). The van der Waals surface area contributed by atoms with Crippen molar-refractivity contribution >= 4 is 98.7 Å². The van der Waals surface area contributed by atoms with Gasteiger partial charge in [0.25, 0.3) is 0 Å². The summed E-state index contributed by atoms with van der Waals surface area (Å²) in [5, 5.41) is 18.1. The molecule has 0 radical (unpaired) electrons. The van der Waals surface area contributed by atoms with Crippen LogP contribution in [0.2, 0.25) is 0 Å². The fraction of sp³-hybridized carbons (Fsp3) is 0.0588. The van der Waals surface area contributed by atoms with Crippen LogP contribution in [0.3, 0.4) is 0 Å². The molecule has 0 bridgehead atoms. The minimum absolute atomic E-state index is 0.100. The molecule has 2 atom stereocenters. The zero-order valence-corrected chi connectivity index (χ0v) is 47.8. The molecule has 16 aromatic rings. The van der Waals surface area contributed by atoms with Gasteiger partial charge in [-0.2, -0.15) is 0 Å². The zero-order chi connectivity index (χ0) is 56.8. The Morgan fingerprint density at radius 1 is 0.302 bits per heavy atom. The van der Waals surface area contributed by atoms with Crippen molar-refractivity contribution in [2.75, 3.05) is 0 Å². The second kappa shape index (κ2) is 18.7. The van der Waals surface area contributed by atoms with Gasteiger partial charge in [0.05, 0.1) is 0 Å². The van der Waals surface area contributed by atoms with Crippen LogP contribution in [0.5, 0.6) is 0 Å². The summed E-state index contributed by atoms with van der Waals surface area (Å²) in [6.45, 7) is 4.82. The van der Waals surface area contributed by atoms with E-state index in [9.17, 15) is 0 Å². The van der Waals surface area contributed by atoms with Gasteiger partial charge in [-0.05, 0) is 178 Å². The lowest BCUT2D eigenvalue weighted by atomic mass is 9.71. The van der Waals surface area contributed by atoms with E-state index < -0.39 is 0 Å². The van der Waals surface area contributed by atoms with E-state index in [4.69, 9.17) is 4.42 Å². The first-order valence-electron chi connectivity index (χ1n) is 30.3. The topological polar surface area (TPSA) is 13.1 Å². The summed E-state index contributed by atoms with van der Waals surface area (Å²) in [5.74, 6) is 0.652. The molecule has 0 N–H and O–H groups in total. The predicted molar refractivity (Wildman–Crippen MR) is 366 cm³/mol. The summed E-state index contributed by atoms with van der Waals surface area (Å²) in [6.07, 6.45) is 9.60. The first-order chi connectivity index (χ1) is 42.4. The molecule has 1 heterocycles. The molecule has 2 unspecified atom stereocenters. The maximum atomic E-state index is 6.10. The molecule has 1 heteroatoms. The van der Waals surface area contributed by atoms with Crippen LogP contribution in [-0.4, -0.2) is 0 Å². The van der Waals surface area contributed by atoms with Gasteiger partial charge in [-0.3, -0.25) is 0 Å². The van der Waals surface area contributed by atoms with Gasteiger partial charge in [-0.15, -0.1) is 0 Å². The number of benzene rings is 15. The van der Waals surface area contributed by atoms with Gasteiger partial charge in [0.1, 0.15) is 11.2 Å². The third-order valence-electron chi connectivity index (χ3n) is 19.6. The molecule has 402 valence electrons. The van der Waals surface area contributed by atoms with Crippen molar-refractivity contribution in [1.29, 1.82) is 0 Å². The number of rotatable bonds is 5. The fourth-order valence-electron chi connectivity index (χ4n) is 15.6. The Bertz CT molecular complexity index is 5480. The zero-order valence-electron chi connectivity index (χ0n) is 47.8. The standard InChI is InChI=1S/C53H36.C32H20O/c1-53(2)47-29-39(31-9-11-32(12-10-31)41-23-17-37-15-13-33-5-3-7-35-19-27-45(41)51(37)49(33)35)21-25-43(47)44-26-22-40(30-48(44)53)42-24-18-38-16-14-34-6-4-8-36-20-28-46(42)52(38)50(34)36;1-2-10-21(11-3-1)31-24-13-4-6-15-26(24)32(27-16-7-5-14-25(27)31)22-18-19-30-28(20-22)23-12-8-9-17-29(23)33-30/h3-30,42,46H,1-2H3;1-20H. The van der Waals surface area contributed by atoms with Crippen LogP contribution in [0.25, 0.3) is 154 Å². The Morgan fingerprint density at radius 2 is 0.837 bits per heavy atom. The van der Waals surface area contributed by atoms with Gasteiger partial charge in [0, 0.05) is 28.0 Å². The molecule has 3 aliphatic carbocycles. The van der Waals surface area contributed by atoms with Crippen LogP contribution in [0.1, 0.15) is 59.1 Å². The van der Waals surface area contributed by atoms with Gasteiger partial charge in [0.15, 0.2) is 0 Å². The van der Waals surface area contributed by atoms with Crippen molar-refractivity contribution in [2.24, 2.45) is 0 Å². The van der Waals surface area contributed by atoms with Crippen molar-refractivity contribution in [3.8, 4) is 55.6 Å². The number of allylic oxidation sites excluding steroid dienone is 2. The normalized spacial score (nSPS) is 15.3. The second-order valence-corrected chi connectivity index (χ2v) is 24.5. The van der Waals surface area contributed by atoms with E-state index in [0.29, 0.717) is 11.8 Å². The Balaban J connectivity index is 0.000000145. The molecule has 0 aliphatic heterocycles. The van der Waals surface area contributed by atoms with Crippen LogP contribution in [-0.2, 0) is 5.41 Å². The molecule has 15 aromatic carbocycles. The minimum Gasteiger partial charge on any atom is -0.456 e. The lowest BCUT2D eigenvalue weighted by Gasteiger charge is -2.33. The third kappa shape index (κ3) is 7.31. The van der Waals surface area contributed by atoms with Crippen molar-refractivity contribution in [2.45, 2.75) is 31.1 Å². The van der Waals surface area contributed by atoms with Crippen LogP contribution in [0.15, 0.2) is 283 Å². The van der Waals surface area contributed by atoms with Crippen LogP contribution >= 0.6 is 0 Å². The summed E-state index contributed by atoms with van der Waals surface area (Å²) in [5.41, 5.74) is 23.0. The summed E-state index contributed by atoms with van der Waals surface area (Å²) < 4.78 is 6.10. The molecular weight excluding hydrogens is 1040 g/mol. The van der Waals surface area contributed by atoms with Gasteiger partial charge in [-0.1, -0.05) is 281 Å². The smallest absolute Gasteiger partial charge is 0.135 e. The maximum Gasteiger partial charge on any atom is 0.135 e. The molecule has 3 aliphatic rings. The second-order valence-electron chi connectivity index (χ2n) is 24.5. The lowest BCUT2D eigenvalue weighted by Crippen LogP contribution is -2.18. The van der Waals surface area contributed by atoms with Gasteiger partial charge in [0.2, 0.25) is 0 Å². The molecule has 0 amide bonds.